The van der Waals surface area contributed by atoms with Gasteiger partial charge in [-0.25, -0.2) is 0 Å². The number of para-hydroxylation sites is 1. The molecular weight excluding hydrogens is 274 g/mol. The second kappa shape index (κ2) is 8.66. The van der Waals surface area contributed by atoms with Gasteiger partial charge in [-0.2, -0.15) is 0 Å². The fourth-order valence-electron chi connectivity index (χ4n) is 0.563. The van der Waals surface area contributed by atoms with Crippen LogP contribution in [-0.4, -0.2) is 22.6 Å². The molecule has 0 aliphatic carbocycles. The Kier molecular flexibility index (Phi) is 11.5. The maximum absolute atomic E-state index is 8.92. The monoisotopic (exact) mass is 284 g/mol. The van der Waals surface area contributed by atoms with E-state index in [4.69, 9.17) is 22.6 Å². The average Bonchev–Trinajstić information content (AvgIpc) is 1.92. The summed E-state index contributed by atoms with van der Waals surface area (Å²) in [6.07, 6.45) is 0. The Morgan fingerprint density at radius 1 is 1.20 bits per heavy atom. The number of phenols is 1. The summed E-state index contributed by atoms with van der Waals surface area (Å²) < 4.78 is 34.1. The van der Waals surface area contributed by atoms with E-state index in [0.29, 0.717) is 5.75 Å². The number of aryl methyl sites for hydroxylation is 1. The van der Waals surface area contributed by atoms with E-state index in [1.807, 2.05) is 25.1 Å². The first kappa shape index (κ1) is 19.9. The number of benzene rings is 1. The van der Waals surface area contributed by atoms with E-state index in [-0.39, 0.29) is 23.2 Å². The van der Waals surface area contributed by atoms with Gasteiger partial charge in [-0.15, -0.1) is 0 Å². The van der Waals surface area contributed by atoms with Crippen LogP contribution < -0.4 is 6.15 Å². The van der Waals surface area contributed by atoms with Crippen LogP contribution >= 0.6 is 0 Å². The molecule has 0 unspecified atom stereocenters. The molecular formula is C7H11CuNO5S. The first-order valence-corrected chi connectivity index (χ1v) is 4.55. The normalized spacial score (nSPS) is 8.73. The van der Waals surface area contributed by atoms with Gasteiger partial charge in [0.25, 0.3) is 0 Å². The summed E-state index contributed by atoms with van der Waals surface area (Å²) in [4.78, 5) is 0. The third-order valence-electron chi connectivity index (χ3n) is 1.12. The van der Waals surface area contributed by atoms with Crippen molar-refractivity contribution in [3.63, 3.8) is 0 Å². The van der Waals surface area contributed by atoms with Crippen molar-refractivity contribution in [3.8, 4) is 5.75 Å². The Morgan fingerprint density at radius 3 is 1.73 bits per heavy atom. The van der Waals surface area contributed by atoms with E-state index in [9.17, 15) is 0 Å². The van der Waals surface area contributed by atoms with Crippen LogP contribution in [0.25, 0.3) is 0 Å². The van der Waals surface area contributed by atoms with Crippen LogP contribution in [0.1, 0.15) is 5.56 Å². The van der Waals surface area contributed by atoms with Gasteiger partial charge in [-0.05, 0) is 18.6 Å². The standard InChI is InChI=1S/C7H8O.Cu.H3N.H2O4S/c1-6-4-2-3-5-7(6)8;;;1-5(2,3)4/h2-5,8H,1H3;;1H3;(H2,1,2,3,4)/q;+2;;/p-2. The minimum atomic E-state index is -5.17. The van der Waals surface area contributed by atoms with Gasteiger partial charge in [0.2, 0.25) is 0 Å². The van der Waals surface area contributed by atoms with Gasteiger partial charge in [0.15, 0.2) is 0 Å². The van der Waals surface area contributed by atoms with Crippen LogP contribution in [0, 0.1) is 6.92 Å². The van der Waals surface area contributed by atoms with Crippen molar-refractivity contribution in [3.05, 3.63) is 29.8 Å². The Hall–Kier alpha value is -0.631. The Labute approximate surface area is 99.0 Å². The molecule has 0 fully saturated rings. The minimum Gasteiger partial charge on any atom is -0.759 e. The molecule has 0 heterocycles. The third-order valence-corrected chi connectivity index (χ3v) is 1.12. The van der Waals surface area contributed by atoms with Gasteiger partial charge >= 0.3 is 17.1 Å². The van der Waals surface area contributed by atoms with E-state index >= 15 is 0 Å². The minimum absolute atomic E-state index is 0. The molecule has 91 valence electrons. The molecule has 15 heavy (non-hydrogen) atoms. The van der Waals surface area contributed by atoms with Crippen LogP contribution in [0.3, 0.4) is 0 Å². The van der Waals surface area contributed by atoms with Gasteiger partial charge in [0, 0.05) is 10.4 Å². The van der Waals surface area contributed by atoms with Crippen molar-refractivity contribution < 1.29 is 39.7 Å². The average molecular weight is 285 g/mol. The summed E-state index contributed by atoms with van der Waals surface area (Å²) >= 11 is 0. The molecule has 0 atom stereocenters. The SMILES string of the molecule is Cc1ccccc1O.N.O=S(=O)([O-])[O-].[Cu+2]. The fourth-order valence-corrected chi connectivity index (χ4v) is 0.563. The zero-order valence-corrected chi connectivity index (χ0v) is 9.56. The molecule has 0 aromatic heterocycles. The molecule has 1 rings (SSSR count). The summed E-state index contributed by atoms with van der Waals surface area (Å²) in [7, 11) is -5.17. The Bertz CT molecular complexity index is 338. The smallest absolute Gasteiger partial charge is 0.759 e. The Morgan fingerprint density at radius 2 is 1.53 bits per heavy atom. The van der Waals surface area contributed by atoms with E-state index in [2.05, 4.69) is 0 Å². The van der Waals surface area contributed by atoms with E-state index in [0.717, 1.165) is 5.56 Å². The second-order valence-corrected chi connectivity index (χ2v) is 3.01. The number of aromatic hydroxyl groups is 1. The van der Waals surface area contributed by atoms with Crippen molar-refractivity contribution in [2.75, 3.05) is 0 Å². The van der Waals surface area contributed by atoms with Gasteiger partial charge in [0.05, 0.1) is 0 Å². The topological polar surface area (TPSA) is 135 Å². The summed E-state index contributed by atoms with van der Waals surface area (Å²) in [6, 6.07) is 7.25. The zero-order chi connectivity index (χ0) is 10.5. The molecule has 4 N–H and O–H groups in total. The van der Waals surface area contributed by atoms with Crippen molar-refractivity contribution >= 4 is 10.4 Å². The summed E-state index contributed by atoms with van der Waals surface area (Å²) in [5.41, 5.74) is 0.924. The van der Waals surface area contributed by atoms with Crippen molar-refractivity contribution in [1.82, 2.24) is 6.15 Å². The molecule has 0 aliphatic rings. The molecule has 6 nitrogen and oxygen atoms in total. The fraction of sp³-hybridized carbons (Fsp3) is 0.143. The maximum atomic E-state index is 8.92. The largest absolute Gasteiger partial charge is 2.00 e. The van der Waals surface area contributed by atoms with E-state index in [1.165, 1.54) is 0 Å². The molecule has 0 spiro atoms. The first-order chi connectivity index (χ1) is 5.80. The second-order valence-electron chi connectivity index (χ2n) is 2.19. The molecule has 0 aliphatic heterocycles. The van der Waals surface area contributed by atoms with Crippen LogP contribution in [-0.2, 0) is 27.5 Å². The predicted molar refractivity (Wildman–Crippen MR) is 48.3 cm³/mol. The van der Waals surface area contributed by atoms with Crippen molar-refractivity contribution in [2.45, 2.75) is 6.92 Å². The molecule has 0 amide bonds. The van der Waals surface area contributed by atoms with E-state index < -0.39 is 10.4 Å². The molecule has 1 radical (unpaired) electrons. The number of rotatable bonds is 0. The molecule has 0 saturated heterocycles. The third kappa shape index (κ3) is 16.1. The van der Waals surface area contributed by atoms with Crippen molar-refractivity contribution in [2.24, 2.45) is 0 Å². The maximum Gasteiger partial charge on any atom is 2.00 e. The quantitative estimate of drug-likeness (QED) is 0.405. The molecule has 0 saturated carbocycles. The molecule has 1 aromatic rings. The van der Waals surface area contributed by atoms with Gasteiger partial charge < -0.3 is 20.4 Å². The first-order valence-electron chi connectivity index (χ1n) is 3.22. The zero-order valence-electron chi connectivity index (χ0n) is 7.81. The Balaban J connectivity index is -0.000000185. The van der Waals surface area contributed by atoms with Gasteiger partial charge in [-0.3, -0.25) is 8.42 Å². The van der Waals surface area contributed by atoms with Crippen LogP contribution in [0.2, 0.25) is 0 Å². The van der Waals surface area contributed by atoms with Gasteiger partial charge in [0.1, 0.15) is 5.75 Å². The van der Waals surface area contributed by atoms with Crippen LogP contribution in [0.5, 0.6) is 5.75 Å². The number of hydrogen-bond donors (Lipinski definition) is 2. The predicted octanol–water partition coefficient (Wildman–Crippen LogP) is 0.522. The van der Waals surface area contributed by atoms with Crippen LogP contribution in [0.15, 0.2) is 24.3 Å². The van der Waals surface area contributed by atoms with Crippen LogP contribution in [0.4, 0.5) is 0 Å². The van der Waals surface area contributed by atoms with Crippen molar-refractivity contribution in [1.29, 1.82) is 0 Å². The molecule has 8 heteroatoms. The number of phenolic OH excluding ortho intramolecular Hbond substituents is 1. The molecule has 0 bridgehead atoms. The van der Waals surface area contributed by atoms with Gasteiger partial charge in [-0.1, -0.05) is 18.2 Å². The van der Waals surface area contributed by atoms with E-state index in [1.54, 1.807) is 6.07 Å². The summed E-state index contributed by atoms with van der Waals surface area (Å²) in [6.45, 7) is 1.87. The molecule has 1 aromatic carbocycles. The number of hydrogen-bond acceptors (Lipinski definition) is 6. The summed E-state index contributed by atoms with van der Waals surface area (Å²) in [5, 5.41) is 8.92. The summed E-state index contributed by atoms with van der Waals surface area (Å²) in [5.74, 6) is 0.368.